The van der Waals surface area contributed by atoms with Crippen LogP contribution in [0.4, 0.5) is 0 Å². The van der Waals surface area contributed by atoms with E-state index in [9.17, 15) is 9.59 Å². The van der Waals surface area contributed by atoms with Crippen molar-refractivity contribution in [3.63, 3.8) is 0 Å². The molecule has 0 spiro atoms. The molecule has 4 aromatic rings. The smallest absolute Gasteiger partial charge is 0.251 e. The Kier molecular flexibility index (Phi) is 6.66. The van der Waals surface area contributed by atoms with Crippen molar-refractivity contribution in [1.82, 2.24) is 24.6 Å². The van der Waals surface area contributed by atoms with Crippen molar-refractivity contribution >= 4 is 23.5 Å². The molecule has 7 nitrogen and oxygen atoms in total. The molecule has 5 rings (SSSR count). The predicted octanol–water partition coefficient (Wildman–Crippen LogP) is 4.08. The van der Waals surface area contributed by atoms with E-state index in [-0.39, 0.29) is 11.8 Å². The number of hydrogen-bond acceptors (Lipinski definition) is 4. The number of carbonyl (C=O) groups is 2. The van der Waals surface area contributed by atoms with Crippen LogP contribution >= 0.6 is 0 Å². The maximum absolute atomic E-state index is 12.6. The second kappa shape index (κ2) is 10.3. The standard InChI is InChI=1S/C28H27N5O2/c34-27(9-8-25-3-1-2-13-29-25)33-16-11-23(12-17-33)22-4-6-24(7-5-22)28(35)31-20-21-10-15-32-18-14-30-26(32)19-21/h1-10,13-15,18-19,23H,11-12,16-17,20H2,(H,31,35)/b9-8+. The molecule has 0 unspecified atom stereocenters. The zero-order valence-corrected chi connectivity index (χ0v) is 19.4. The maximum atomic E-state index is 12.6. The number of nitrogens with one attached hydrogen (secondary N) is 1. The number of carbonyl (C=O) groups excluding carboxylic acids is 2. The number of nitrogens with zero attached hydrogens (tertiary/aromatic N) is 4. The number of benzene rings is 1. The van der Waals surface area contributed by atoms with Crippen molar-refractivity contribution in [2.75, 3.05) is 13.1 Å². The van der Waals surface area contributed by atoms with Crippen LogP contribution in [0.1, 0.15) is 45.9 Å². The number of rotatable bonds is 6. The van der Waals surface area contributed by atoms with Crippen molar-refractivity contribution in [3.8, 4) is 0 Å². The third-order valence-electron chi connectivity index (χ3n) is 6.45. The Morgan fingerprint density at radius 3 is 2.57 bits per heavy atom. The topological polar surface area (TPSA) is 79.6 Å². The lowest BCUT2D eigenvalue weighted by Gasteiger charge is -2.31. The summed E-state index contributed by atoms with van der Waals surface area (Å²) in [5, 5.41) is 2.98. The molecule has 0 aliphatic carbocycles. The Morgan fingerprint density at radius 2 is 1.80 bits per heavy atom. The number of aromatic nitrogens is 3. The Balaban J connectivity index is 1.11. The lowest BCUT2D eigenvalue weighted by molar-refractivity contribution is -0.126. The fourth-order valence-electron chi connectivity index (χ4n) is 4.42. The molecule has 2 amide bonds. The SMILES string of the molecule is O=C(NCc1ccn2ccnc2c1)c1ccc(C2CCN(C(=O)/C=C/c3ccccn3)CC2)cc1. The van der Waals surface area contributed by atoms with Gasteiger partial charge in [0.25, 0.3) is 5.91 Å². The Morgan fingerprint density at radius 1 is 0.971 bits per heavy atom. The summed E-state index contributed by atoms with van der Waals surface area (Å²) < 4.78 is 1.93. The number of pyridine rings is 2. The van der Waals surface area contributed by atoms with E-state index in [4.69, 9.17) is 0 Å². The Hall–Kier alpha value is -4.26. The van der Waals surface area contributed by atoms with Crippen LogP contribution in [0.15, 0.2) is 85.5 Å². The summed E-state index contributed by atoms with van der Waals surface area (Å²) >= 11 is 0. The number of imidazole rings is 1. The first-order valence-electron chi connectivity index (χ1n) is 11.8. The molecule has 1 saturated heterocycles. The molecule has 1 N–H and O–H groups in total. The van der Waals surface area contributed by atoms with Gasteiger partial charge in [0.1, 0.15) is 5.65 Å². The van der Waals surface area contributed by atoms with Crippen molar-refractivity contribution < 1.29 is 9.59 Å². The largest absolute Gasteiger partial charge is 0.348 e. The van der Waals surface area contributed by atoms with Crippen LogP contribution in [0.2, 0.25) is 0 Å². The summed E-state index contributed by atoms with van der Waals surface area (Å²) in [5.74, 6) is 0.310. The van der Waals surface area contributed by atoms with Gasteiger partial charge < -0.3 is 14.6 Å². The van der Waals surface area contributed by atoms with Gasteiger partial charge in [-0.05, 0) is 72.4 Å². The molecule has 1 aliphatic rings. The van der Waals surface area contributed by atoms with E-state index in [0.717, 1.165) is 42.8 Å². The van der Waals surface area contributed by atoms with Gasteiger partial charge in [0.05, 0.1) is 5.69 Å². The van der Waals surface area contributed by atoms with E-state index >= 15 is 0 Å². The van der Waals surface area contributed by atoms with Gasteiger partial charge in [-0.2, -0.15) is 0 Å². The molecule has 35 heavy (non-hydrogen) atoms. The highest BCUT2D eigenvalue weighted by molar-refractivity contribution is 5.94. The normalized spacial score (nSPS) is 14.5. The molecule has 1 fully saturated rings. The molecule has 0 saturated carbocycles. The molecule has 0 radical (unpaired) electrons. The van der Waals surface area contributed by atoms with Gasteiger partial charge in [-0.15, -0.1) is 0 Å². The number of amides is 2. The molecule has 0 atom stereocenters. The summed E-state index contributed by atoms with van der Waals surface area (Å²) in [6.07, 6.45) is 12.5. The first kappa shape index (κ1) is 22.5. The van der Waals surface area contributed by atoms with Crippen molar-refractivity contribution in [2.24, 2.45) is 0 Å². The van der Waals surface area contributed by atoms with E-state index in [1.165, 1.54) is 5.56 Å². The fourth-order valence-corrected chi connectivity index (χ4v) is 4.42. The van der Waals surface area contributed by atoms with Crippen molar-refractivity contribution in [3.05, 3.63) is 108 Å². The van der Waals surface area contributed by atoms with Crippen LogP contribution < -0.4 is 5.32 Å². The number of likely N-dealkylation sites (tertiary alicyclic amines) is 1. The third kappa shape index (κ3) is 5.46. The highest BCUT2D eigenvalue weighted by Crippen LogP contribution is 2.28. The van der Waals surface area contributed by atoms with E-state index in [1.54, 1.807) is 24.5 Å². The van der Waals surface area contributed by atoms with Crippen LogP contribution in [0.3, 0.4) is 0 Å². The second-order valence-corrected chi connectivity index (χ2v) is 8.72. The minimum atomic E-state index is -0.0973. The minimum Gasteiger partial charge on any atom is -0.348 e. The summed E-state index contributed by atoms with van der Waals surface area (Å²) in [6, 6.07) is 17.4. The zero-order chi connectivity index (χ0) is 24.0. The van der Waals surface area contributed by atoms with Crippen molar-refractivity contribution in [2.45, 2.75) is 25.3 Å². The molecule has 1 aromatic carbocycles. The minimum absolute atomic E-state index is 0.0213. The highest BCUT2D eigenvalue weighted by atomic mass is 16.2. The molecule has 0 bridgehead atoms. The van der Waals surface area contributed by atoms with Gasteiger partial charge in [0, 0.05) is 56.1 Å². The van der Waals surface area contributed by atoms with Crippen LogP contribution in [0.25, 0.3) is 11.7 Å². The van der Waals surface area contributed by atoms with Crippen LogP contribution in [0.5, 0.6) is 0 Å². The van der Waals surface area contributed by atoms with E-state index in [1.807, 2.05) is 76.3 Å². The predicted molar refractivity (Wildman–Crippen MR) is 135 cm³/mol. The Bertz CT molecular complexity index is 1340. The van der Waals surface area contributed by atoms with Gasteiger partial charge in [0.15, 0.2) is 0 Å². The molecule has 7 heteroatoms. The number of fused-ring (bicyclic) bond motifs is 1. The maximum Gasteiger partial charge on any atom is 0.251 e. The summed E-state index contributed by atoms with van der Waals surface area (Å²) in [7, 11) is 0. The quantitative estimate of drug-likeness (QED) is 0.435. The van der Waals surface area contributed by atoms with E-state index in [2.05, 4.69) is 15.3 Å². The van der Waals surface area contributed by atoms with Crippen molar-refractivity contribution in [1.29, 1.82) is 0 Å². The highest BCUT2D eigenvalue weighted by Gasteiger charge is 2.23. The summed E-state index contributed by atoms with van der Waals surface area (Å²) in [6.45, 7) is 1.89. The lowest BCUT2D eigenvalue weighted by atomic mass is 9.89. The van der Waals surface area contributed by atoms with Gasteiger partial charge in [-0.1, -0.05) is 18.2 Å². The average Bonchev–Trinajstić information content (AvgIpc) is 3.39. The average molecular weight is 466 g/mol. The second-order valence-electron chi connectivity index (χ2n) is 8.72. The third-order valence-corrected chi connectivity index (χ3v) is 6.45. The van der Waals surface area contributed by atoms with Gasteiger partial charge >= 0.3 is 0 Å². The van der Waals surface area contributed by atoms with Crippen LogP contribution in [-0.4, -0.2) is 44.2 Å². The molecule has 1 aliphatic heterocycles. The lowest BCUT2D eigenvalue weighted by Crippen LogP contribution is -2.36. The monoisotopic (exact) mass is 465 g/mol. The number of hydrogen-bond donors (Lipinski definition) is 1. The van der Waals surface area contributed by atoms with Crippen LogP contribution in [0, 0.1) is 0 Å². The fraction of sp³-hybridized carbons (Fsp3) is 0.214. The first-order valence-corrected chi connectivity index (χ1v) is 11.8. The van der Waals surface area contributed by atoms with Crippen LogP contribution in [-0.2, 0) is 11.3 Å². The molecule has 4 heterocycles. The molecule has 3 aromatic heterocycles. The number of piperidine rings is 1. The Labute approximate surface area is 204 Å². The van der Waals surface area contributed by atoms with Gasteiger partial charge in [0.2, 0.25) is 5.91 Å². The van der Waals surface area contributed by atoms with E-state index < -0.39 is 0 Å². The van der Waals surface area contributed by atoms with E-state index in [0.29, 0.717) is 18.0 Å². The molecular weight excluding hydrogens is 438 g/mol. The zero-order valence-electron chi connectivity index (χ0n) is 19.4. The summed E-state index contributed by atoms with van der Waals surface area (Å²) in [5.41, 5.74) is 4.49. The summed E-state index contributed by atoms with van der Waals surface area (Å²) in [4.78, 5) is 35.5. The first-order chi connectivity index (χ1) is 17.2. The molecule has 176 valence electrons. The van der Waals surface area contributed by atoms with Gasteiger partial charge in [-0.3, -0.25) is 14.6 Å². The van der Waals surface area contributed by atoms with Gasteiger partial charge in [-0.25, -0.2) is 4.98 Å². The molecular formula is C28H27N5O2.